The summed E-state index contributed by atoms with van der Waals surface area (Å²) >= 11 is 0. The predicted octanol–water partition coefficient (Wildman–Crippen LogP) is 2.06. The molecule has 1 aliphatic heterocycles. The Morgan fingerprint density at radius 2 is 2.33 bits per heavy atom. The zero-order valence-electron chi connectivity index (χ0n) is 12.3. The molecule has 0 bridgehead atoms. The van der Waals surface area contributed by atoms with E-state index in [1.165, 1.54) is 13.2 Å². The summed E-state index contributed by atoms with van der Waals surface area (Å²) < 4.78 is 18.3. The van der Waals surface area contributed by atoms with Crippen LogP contribution in [0.1, 0.15) is 31.4 Å². The Balaban J connectivity index is 2.00. The lowest BCUT2D eigenvalue weighted by atomic mass is 10.1. The van der Waals surface area contributed by atoms with Crippen LogP contribution in [0.15, 0.2) is 18.2 Å². The summed E-state index contributed by atoms with van der Waals surface area (Å²) in [6.45, 7) is 2.82. The molecule has 0 radical (unpaired) electrons. The number of likely N-dealkylation sites (tertiary alicyclic amines) is 1. The van der Waals surface area contributed by atoms with Crippen molar-refractivity contribution in [3.8, 4) is 5.75 Å². The topological polar surface area (TPSA) is 61.8 Å². The monoisotopic (exact) mass is 296 g/mol. The minimum Gasteiger partial charge on any atom is -0.494 e. The van der Waals surface area contributed by atoms with Crippen molar-refractivity contribution in [3.63, 3.8) is 0 Å². The van der Waals surface area contributed by atoms with Crippen LogP contribution in [0.4, 0.5) is 9.18 Å². The molecule has 5 nitrogen and oxygen atoms in total. The van der Waals surface area contributed by atoms with Crippen LogP contribution >= 0.6 is 0 Å². The molecule has 2 amide bonds. The van der Waals surface area contributed by atoms with E-state index in [2.05, 4.69) is 5.32 Å². The minimum absolute atomic E-state index is 0.155. The van der Waals surface area contributed by atoms with Gasteiger partial charge in [0.15, 0.2) is 11.6 Å². The number of halogens is 1. The second-order valence-electron chi connectivity index (χ2n) is 5.31. The molecule has 2 N–H and O–H groups in total. The third-order valence-electron chi connectivity index (χ3n) is 3.70. The SMILES string of the molecule is COc1cc(C(C)NC(=O)N2CCCC(O)C2)ccc1F. The molecule has 2 rings (SSSR count). The summed E-state index contributed by atoms with van der Waals surface area (Å²) in [6, 6.07) is 4.02. The van der Waals surface area contributed by atoms with Gasteiger partial charge in [0.05, 0.1) is 19.3 Å². The molecule has 1 aromatic rings. The molecule has 1 saturated heterocycles. The number of benzene rings is 1. The minimum atomic E-state index is -0.453. The molecule has 1 heterocycles. The molecule has 1 aliphatic rings. The number of aliphatic hydroxyl groups is 1. The fourth-order valence-electron chi connectivity index (χ4n) is 2.44. The number of urea groups is 1. The third kappa shape index (κ3) is 3.85. The van der Waals surface area contributed by atoms with Crippen molar-refractivity contribution in [2.45, 2.75) is 31.9 Å². The van der Waals surface area contributed by atoms with Gasteiger partial charge in [0, 0.05) is 13.1 Å². The Kier molecular flexibility index (Phi) is 5.01. The molecule has 2 atom stereocenters. The van der Waals surface area contributed by atoms with Crippen molar-refractivity contribution in [2.75, 3.05) is 20.2 Å². The lowest BCUT2D eigenvalue weighted by Crippen LogP contribution is -2.47. The first kappa shape index (κ1) is 15.6. The van der Waals surface area contributed by atoms with Crippen molar-refractivity contribution in [1.82, 2.24) is 10.2 Å². The number of ether oxygens (including phenoxy) is 1. The highest BCUT2D eigenvalue weighted by molar-refractivity contribution is 5.74. The highest BCUT2D eigenvalue weighted by atomic mass is 19.1. The highest BCUT2D eigenvalue weighted by Gasteiger charge is 2.23. The van der Waals surface area contributed by atoms with Gasteiger partial charge in [-0.2, -0.15) is 0 Å². The smallest absolute Gasteiger partial charge is 0.317 e. The van der Waals surface area contributed by atoms with Gasteiger partial charge in [-0.1, -0.05) is 6.07 Å². The zero-order chi connectivity index (χ0) is 15.4. The largest absolute Gasteiger partial charge is 0.494 e. The van der Waals surface area contributed by atoms with E-state index < -0.39 is 11.9 Å². The first-order valence-corrected chi connectivity index (χ1v) is 7.08. The van der Waals surface area contributed by atoms with Crippen LogP contribution in [0.3, 0.4) is 0 Å². The summed E-state index contributed by atoms with van der Waals surface area (Å²) in [5, 5.41) is 12.5. The number of rotatable bonds is 3. The molecular formula is C15H21FN2O3. The average molecular weight is 296 g/mol. The molecule has 116 valence electrons. The molecular weight excluding hydrogens is 275 g/mol. The van der Waals surface area contributed by atoms with Crippen molar-refractivity contribution in [3.05, 3.63) is 29.6 Å². The number of hydrogen-bond donors (Lipinski definition) is 2. The lowest BCUT2D eigenvalue weighted by molar-refractivity contribution is 0.0835. The normalized spacial score (nSPS) is 20.0. The van der Waals surface area contributed by atoms with E-state index in [0.717, 1.165) is 18.4 Å². The Labute approximate surface area is 123 Å². The molecule has 21 heavy (non-hydrogen) atoms. The van der Waals surface area contributed by atoms with Crippen LogP contribution < -0.4 is 10.1 Å². The quantitative estimate of drug-likeness (QED) is 0.897. The number of piperidine rings is 1. The van der Waals surface area contributed by atoms with Gasteiger partial charge < -0.3 is 20.1 Å². The van der Waals surface area contributed by atoms with Gasteiger partial charge in [-0.05, 0) is 37.5 Å². The number of amides is 2. The first-order valence-electron chi connectivity index (χ1n) is 7.08. The summed E-state index contributed by atoms with van der Waals surface area (Å²) in [7, 11) is 1.40. The molecule has 6 heteroatoms. The van der Waals surface area contributed by atoms with Crippen LogP contribution in [-0.4, -0.2) is 42.3 Å². The first-order chi connectivity index (χ1) is 10.0. The van der Waals surface area contributed by atoms with E-state index >= 15 is 0 Å². The van der Waals surface area contributed by atoms with Gasteiger partial charge in [-0.15, -0.1) is 0 Å². The molecule has 0 aliphatic carbocycles. The van der Waals surface area contributed by atoms with Gasteiger partial charge in [-0.25, -0.2) is 9.18 Å². The van der Waals surface area contributed by atoms with Crippen LogP contribution in [0.5, 0.6) is 5.75 Å². The van der Waals surface area contributed by atoms with E-state index in [9.17, 15) is 14.3 Å². The number of aliphatic hydroxyl groups excluding tert-OH is 1. The fraction of sp³-hybridized carbons (Fsp3) is 0.533. The fourth-order valence-corrected chi connectivity index (χ4v) is 2.44. The number of nitrogens with one attached hydrogen (secondary N) is 1. The second-order valence-corrected chi connectivity index (χ2v) is 5.31. The second kappa shape index (κ2) is 6.76. The van der Waals surface area contributed by atoms with Crippen LogP contribution in [0.25, 0.3) is 0 Å². The van der Waals surface area contributed by atoms with Gasteiger partial charge in [0.1, 0.15) is 0 Å². The summed E-state index contributed by atoms with van der Waals surface area (Å²) in [4.78, 5) is 13.7. The van der Waals surface area contributed by atoms with E-state index in [0.29, 0.717) is 13.1 Å². The highest BCUT2D eigenvalue weighted by Crippen LogP contribution is 2.22. The Hall–Kier alpha value is -1.82. The average Bonchev–Trinajstić information content (AvgIpc) is 2.47. The summed E-state index contributed by atoms with van der Waals surface area (Å²) in [5.74, 6) is -0.277. The van der Waals surface area contributed by atoms with Crippen molar-refractivity contribution >= 4 is 6.03 Å². The predicted molar refractivity (Wildman–Crippen MR) is 76.7 cm³/mol. The van der Waals surface area contributed by atoms with Crippen molar-refractivity contribution < 1.29 is 19.0 Å². The Morgan fingerprint density at radius 1 is 1.57 bits per heavy atom. The number of carbonyl (C=O) groups is 1. The summed E-state index contributed by atoms with van der Waals surface area (Å²) in [6.07, 6.45) is 1.08. The standard InChI is InChI=1S/C15H21FN2O3/c1-10(11-5-6-13(16)14(8-11)21-2)17-15(20)18-7-3-4-12(19)9-18/h5-6,8,10,12,19H,3-4,7,9H2,1-2H3,(H,17,20). The van der Waals surface area contributed by atoms with E-state index in [1.807, 2.05) is 6.92 Å². The molecule has 0 aromatic heterocycles. The lowest BCUT2D eigenvalue weighted by Gasteiger charge is -2.31. The Morgan fingerprint density at radius 3 is 3.00 bits per heavy atom. The van der Waals surface area contributed by atoms with Crippen LogP contribution in [0, 0.1) is 5.82 Å². The van der Waals surface area contributed by atoms with Crippen LogP contribution in [-0.2, 0) is 0 Å². The number of β-amino-alcohol motifs (C(OH)–C–C–N with tert-alkyl or cyclic N) is 1. The van der Waals surface area contributed by atoms with E-state index in [1.54, 1.807) is 17.0 Å². The van der Waals surface area contributed by atoms with Gasteiger partial charge >= 0.3 is 6.03 Å². The number of carbonyl (C=O) groups excluding carboxylic acids is 1. The summed E-state index contributed by atoms with van der Waals surface area (Å²) in [5.41, 5.74) is 0.763. The van der Waals surface area contributed by atoms with Gasteiger partial charge in [0.25, 0.3) is 0 Å². The zero-order valence-corrected chi connectivity index (χ0v) is 12.3. The number of methoxy groups -OCH3 is 1. The molecule has 0 spiro atoms. The maximum absolute atomic E-state index is 13.4. The molecule has 2 unspecified atom stereocenters. The van der Waals surface area contributed by atoms with Crippen molar-refractivity contribution in [2.24, 2.45) is 0 Å². The maximum Gasteiger partial charge on any atom is 0.317 e. The van der Waals surface area contributed by atoms with E-state index in [4.69, 9.17) is 4.74 Å². The molecule has 1 fully saturated rings. The van der Waals surface area contributed by atoms with Crippen LogP contribution in [0.2, 0.25) is 0 Å². The number of hydrogen-bond acceptors (Lipinski definition) is 3. The number of nitrogens with zero attached hydrogens (tertiary/aromatic N) is 1. The van der Waals surface area contributed by atoms with Crippen molar-refractivity contribution in [1.29, 1.82) is 0 Å². The molecule has 1 aromatic carbocycles. The van der Waals surface area contributed by atoms with Gasteiger partial charge in [0.2, 0.25) is 0 Å². The van der Waals surface area contributed by atoms with Gasteiger partial charge in [-0.3, -0.25) is 0 Å². The van der Waals surface area contributed by atoms with E-state index in [-0.39, 0.29) is 17.8 Å². The molecule has 0 saturated carbocycles. The Bertz CT molecular complexity index is 510. The maximum atomic E-state index is 13.4. The third-order valence-corrected chi connectivity index (χ3v) is 3.70.